The van der Waals surface area contributed by atoms with Crippen LogP contribution in [0.4, 0.5) is 0 Å². The maximum atomic E-state index is 11.8. The van der Waals surface area contributed by atoms with Crippen molar-refractivity contribution in [1.82, 2.24) is 5.23 Å². The summed E-state index contributed by atoms with van der Waals surface area (Å²) in [5.74, 6) is -0.394. The van der Waals surface area contributed by atoms with E-state index in [2.05, 4.69) is 13.8 Å². The van der Waals surface area contributed by atoms with Gasteiger partial charge in [0.05, 0.1) is 6.61 Å². The van der Waals surface area contributed by atoms with Crippen molar-refractivity contribution in [3.05, 3.63) is 0 Å². The molecule has 0 N–H and O–H groups in total. The zero-order chi connectivity index (χ0) is 24.2. The molecule has 0 bridgehead atoms. The van der Waals surface area contributed by atoms with Crippen LogP contribution in [-0.4, -0.2) is 24.2 Å². The number of hydrogen-bond donors (Lipinski definition) is 0. The van der Waals surface area contributed by atoms with Gasteiger partial charge in [0, 0.05) is 6.42 Å². The Labute approximate surface area is 205 Å². The van der Waals surface area contributed by atoms with Crippen LogP contribution in [0.3, 0.4) is 0 Å². The second kappa shape index (κ2) is 27.1. The number of unbranched alkanes of at least 4 members (excludes halogenated alkanes) is 20. The van der Waals surface area contributed by atoms with Crippen molar-refractivity contribution < 1.29 is 19.3 Å². The first-order valence-electron chi connectivity index (χ1n) is 14.3. The SMILES string of the molecule is CCCCCCCCCCCCCCCCON(C=O)OC(=O)CCCCCCCCCC. The molecule has 0 aliphatic carbocycles. The highest BCUT2D eigenvalue weighted by Crippen LogP contribution is 2.13. The Balaban J connectivity index is 3.41. The van der Waals surface area contributed by atoms with Gasteiger partial charge in [0.15, 0.2) is 0 Å². The van der Waals surface area contributed by atoms with Crippen molar-refractivity contribution in [1.29, 1.82) is 0 Å². The minimum Gasteiger partial charge on any atom is -0.312 e. The molecule has 33 heavy (non-hydrogen) atoms. The lowest BCUT2D eigenvalue weighted by Gasteiger charge is -2.15. The lowest BCUT2D eigenvalue weighted by molar-refractivity contribution is -0.315. The van der Waals surface area contributed by atoms with Crippen molar-refractivity contribution in [3.63, 3.8) is 0 Å². The fraction of sp³-hybridized carbons (Fsp3) is 0.929. The van der Waals surface area contributed by atoms with Crippen molar-refractivity contribution >= 4 is 12.4 Å². The Morgan fingerprint density at radius 2 is 0.939 bits per heavy atom. The summed E-state index contributed by atoms with van der Waals surface area (Å²) in [5, 5.41) is 0.690. The van der Waals surface area contributed by atoms with Gasteiger partial charge in [0.1, 0.15) is 0 Å². The fourth-order valence-corrected chi connectivity index (χ4v) is 4.08. The largest absolute Gasteiger partial charge is 0.335 e. The summed E-state index contributed by atoms with van der Waals surface area (Å²) in [6, 6.07) is 0. The molecule has 0 heterocycles. The maximum Gasteiger partial charge on any atom is 0.335 e. The van der Waals surface area contributed by atoms with Gasteiger partial charge in [-0.1, -0.05) is 142 Å². The quantitative estimate of drug-likeness (QED) is 0.0684. The van der Waals surface area contributed by atoms with Crippen LogP contribution in [0.2, 0.25) is 0 Å². The number of rotatable bonds is 27. The maximum absolute atomic E-state index is 11.8. The second-order valence-corrected chi connectivity index (χ2v) is 9.51. The summed E-state index contributed by atoms with van der Waals surface area (Å²) >= 11 is 0. The molecule has 0 spiro atoms. The molecule has 0 saturated heterocycles. The second-order valence-electron chi connectivity index (χ2n) is 9.51. The minimum absolute atomic E-state index is 0.335. The first kappa shape index (κ1) is 31.9. The lowest BCUT2D eigenvalue weighted by atomic mass is 10.0. The molecule has 0 aliphatic heterocycles. The smallest absolute Gasteiger partial charge is 0.312 e. The molecule has 5 nitrogen and oxygen atoms in total. The standard InChI is InChI=1S/C28H55NO4/c1-3-5-7-9-11-13-14-15-16-17-18-20-22-24-26-32-29(27-30)33-28(31)25-23-21-19-12-10-8-6-4-2/h27H,3-26H2,1-2H3. The van der Waals surface area contributed by atoms with E-state index in [1.54, 1.807) is 0 Å². The molecule has 0 unspecified atom stereocenters. The number of hydrogen-bond acceptors (Lipinski definition) is 4. The van der Waals surface area contributed by atoms with E-state index < -0.39 is 5.97 Å². The Kier molecular flexibility index (Phi) is 26.2. The van der Waals surface area contributed by atoms with E-state index in [4.69, 9.17) is 9.68 Å². The van der Waals surface area contributed by atoms with Crippen LogP contribution in [-0.2, 0) is 19.3 Å². The molecule has 0 rings (SSSR count). The van der Waals surface area contributed by atoms with Gasteiger partial charge in [-0.05, 0) is 18.1 Å². The number of hydroxylamine groups is 2. The van der Waals surface area contributed by atoms with E-state index in [1.165, 1.54) is 109 Å². The van der Waals surface area contributed by atoms with Crippen LogP contribution in [0.25, 0.3) is 0 Å². The van der Waals surface area contributed by atoms with Gasteiger partial charge in [-0.25, -0.2) is 9.63 Å². The summed E-state index contributed by atoms with van der Waals surface area (Å²) in [5.41, 5.74) is 0. The van der Waals surface area contributed by atoms with Gasteiger partial charge < -0.3 is 4.84 Å². The third-order valence-corrected chi connectivity index (χ3v) is 6.23. The third-order valence-electron chi connectivity index (χ3n) is 6.23. The van der Waals surface area contributed by atoms with Crippen LogP contribution < -0.4 is 0 Å². The monoisotopic (exact) mass is 469 g/mol. The van der Waals surface area contributed by atoms with Crippen LogP contribution >= 0.6 is 0 Å². The third kappa shape index (κ3) is 25.4. The van der Waals surface area contributed by atoms with E-state index >= 15 is 0 Å². The van der Waals surface area contributed by atoms with Crippen molar-refractivity contribution in [2.75, 3.05) is 6.61 Å². The number of nitrogens with zero attached hydrogens (tertiary/aromatic N) is 1. The van der Waals surface area contributed by atoms with Crippen LogP contribution in [0.15, 0.2) is 0 Å². The molecule has 0 aromatic carbocycles. The summed E-state index contributed by atoms with van der Waals surface area (Å²) in [7, 11) is 0. The molecule has 5 heteroatoms. The van der Waals surface area contributed by atoms with E-state index in [0.29, 0.717) is 24.7 Å². The van der Waals surface area contributed by atoms with E-state index in [9.17, 15) is 9.59 Å². The highest BCUT2D eigenvalue weighted by Gasteiger charge is 2.10. The topological polar surface area (TPSA) is 55.8 Å². The number of carbonyl (C=O) groups excluding carboxylic acids is 2. The molecular weight excluding hydrogens is 414 g/mol. The van der Waals surface area contributed by atoms with E-state index in [1.807, 2.05) is 0 Å². The zero-order valence-electron chi connectivity index (χ0n) is 22.1. The summed E-state index contributed by atoms with van der Waals surface area (Å²) in [4.78, 5) is 33.1. The molecule has 1 amide bonds. The van der Waals surface area contributed by atoms with Gasteiger partial charge in [0.25, 0.3) is 6.41 Å². The summed E-state index contributed by atoms with van der Waals surface area (Å²) < 4.78 is 0. The van der Waals surface area contributed by atoms with E-state index in [0.717, 1.165) is 32.1 Å². The molecule has 0 aromatic rings. The number of carbonyl (C=O) groups is 2. The van der Waals surface area contributed by atoms with E-state index in [-0.39, 0.29) is 0 Å². The van der Waals surface area contributed by atoms with Crippen LogP contribution in [0.5, 0.6) is 0 Å². The molecule has 196 valence electrons. The zero-order valence-corrected chi connectivity index (χ0v) is 22.1. The average Bonchev–Trinajstić information content (AvgIpc) is 2.82. The predicted molar refractivity (Wildman–Crippen MR) is 137 cm³/mol. The Morgan fingerprint density at radius 3 is 1.33 bits per heavy atom. The van der Waals surface area contributed by atoms with Crippen molar-refractivity contribution in [2.45, 2.75) is 162 Å². The van der Waals surface area contributed by atoms with Gasteiger partial charge in [-0.15, -0.1) is 0 Å². The minimum atomic E-state index is -0.394. The first-order valence-corrected chi connectivity index (χ1v) is 14.3. The lowest BCUT2D eigenvalue weighted by Crippen LogP contribution is -2.26. The summed E-state index contributed by atoms with van der Waals surface area (Å²) in [6.45, 7) is 4.89. The average molecular weight is 470 g/mol. The fourth-order valence-electron chi connectivity index (χ4n) is 4.08. The van der Waals surface area contributed by atoms with Gasteiger partial charge in [-0.3, -0.25) is 4.79 Å². The Hall–Kier alpha value is -1.10. The van der Waals surface area contributed by atoms with Gasteiger partial charge in [0.2, 0.25) is 0 Å². The van der Waals surface area contributed by atoms with Crippen LogP contribution in [0.1, 0.15) is 162 Å². The normalized spacial score (nSPS) is 11.0. The molecular formula is C28H55NO4. The highest BCUT2D eigenvalue weighted by atomic mass is 17.0. The Morgan fingerprint density at radius 1 is 0.576 bits per heavy atom. The molecule has 0 radical (unpaired) electrons. The van der Waals surface area contributed by atoms with Crippen molar-refractivity contribution in [2.24, 2.45) is 0 Å². The molecule has 0 fully saturated rings. The number of amides is 1. The first-order chi connectivity index (χ1) is 16.2. The molecule has 0 aliphatic rings. The molecule has 0 atom stereocenters. The summed E-state index contributed by atoms with van der Waals surface area (Å²) in [6.07, 6.45) is 28.3. The van der Waals surface area contributed by atoms with Crippen molar-refractivity contribution in [3.8, 4) is 0 Å². The van der Waals surface area contributed by atoms with Gasteiger partial charge >= 0.3 is 5.97 Å². The highest BCUT2D eigenvalue weighted by molar-refractivity contribution is 5.69. The predicted octanol–water partition coefficient (Wildman–Crippen LogP) is 8.85. The molecule has 0 saturated carbocycles. The van der Waals surface area contributed by atoms with Crippen LogP contribution in [0, 0.1) is 0 Å². The molecule has 0 aromatic heterocycles. The van der Waals surface area contributed by atoms with Gasteiger partial charge in [-0.2, -0.15) is 0 Å². The Bertz CT molecular complexity index is 417.